The fourth-order valence-corrected chi connectivity index (χ4v) is 3.90. The van der Waals surface area contributed by atoms with E-state index in [0.717, 1.165) is 57.0 Å². The van der Waals surface area contributed by atoms with E-state index in [1.807, 2.05) is 24.3 Å². The molecule has 0 bridgehead atoms. The van der Waals surface area contributed by atoms with E-state index >= 15 is 0 Å². The molecule has 2 N–H and O–H groups in total. The normalized spacial score (nSPS) is 19.3. The van der Waals surface area contributed by atoms with Gasteiger partial charge in [-0.15, -0.1) is 0 Å². The molecule has 32 heavy (non-hydrogen) atoms. The topological polar surface area (TPSA) is 107 Å². The molecule has 3 rings (SSSR count). The predicted molar refractivity (Wildman–Crippen MR) is 118 cm³/mol. The number of morpholine rings is 1. The zero-order valence-corrected chi connectivity index (χ0v) is 18.8. The van der Waals surface area contributed by atoms with Gasteiger partial charge in [0.15, 0.2) is 0 Å². The number of benzene rings is 1. The van der Waals surface area contributed by atoms with Crippen LogP contribution in [0.2, 0.25) is 0 Å². The number of unbranched alkanes of at least 4 members (excludes halogenated alkanes) is 1. The minimum Gasteiger partial charge on any atom is -0.494 e. The van der Waals surface area contributed by atoms with E-state index < -0.39 is 11.9 Å². The monoisotopic (exact) mass is 441 g/mol. The fourth-order valence-electron chi connectivity index (χ4n) is 3.90. The number of carbonyl (C=O) groups is 1. The first kappa shape index (κ1) is 23.6. The first-order chi connectivity index (χ1) is 15.5. The molecular formula is C24H31N3O5. The molecular weight excluding hydrogens is 410 g/mol. The molecule has 0 radical (unpaired) electrons. The van der Waals surface area contributed by atoms with Crippen molar-refractivity contribution in [2.24, 2.45) is 5.73 Å². The van der Waals surface area contributed by atoms with E-state index in [1.165, 1.54) is 0 Å². The van der Waals surface area contributed by atoms with Crippen LogP contribution >= 0.6 is 0 Å². The summed E-state index contributed by atoms with van der Waals surface area (Å²) in [4.78, 5) is 15.0. The van der Waals surface area contributed by atoms with Crippen LogP contribution in [0, 0.1) is 11.3 Å². The standard InChI is InChI=1S/C24H31N3O5/c1-3-30-24(28)21-17(2)32-23(26)20(16-25)22(21)18-6-8-19(9-7-18)31-13-5-4-10-27-11-14-29-15-12-27/h6-9,22H,3-5,10-15,26H2,1-2H3. The number of rotatable bonds is 9. The van der Waals surface area contributed by atoms with E-state index in [1.54, 1.807) is 13.8 Å². The smallest absolute Gasteiger partial charge is 0.338 e. The molecule has 1 unspecified atom stereocenters. The lowest BCUT2D eigenvalue weighted by molar-refractivity contribution is -0.139. The third-order valence-electron chi connectivity index (χ3n) is 5.56. The van der Waals surface area contributed by atoms with Crippen LogP contribution < -0.4 is 10.5 Å². The summed E-state index contributed by atoms with van der Waals surface area (Å²) >= 11 is 0. The summed E-state index contributed by atoms with van der Waals surface area (Å²) in [6, 6.07) is 9.46. The van der Waals surface area contributed by atoms with Crippen LogP contribution in [-0.2, 0) is 19.0 Å². The van der Waals surface area contributed by atoms with Gasteiger partial charge in [-0.05, 0) is 50.9 Å². The van der Waals surface area contributed by atoms with Crippen molar-refractivity contribution >= 4 is 5.97 Å². The highest BCUT2D eigenvalue weighted by atomic mass is 16.5. The number of hydrogen-bond donors (Lipinski definition) is 1. The molecule has 1 saturated heterocycles. The average Bonchev–Trinajstić information content (AvgIpc) is 2.79. The van der Waals surface area contributed by atoms with E-state index in [0.29, 0.717) is 12.4 Å². The van der Waals surface area contributed by atoms with Crippen molar-refractivity contribution in [1.82, 2.24) is 4.90 Å². The Hall–Kier alpha value is -3.02. The number of nitrogens with two attached hydrogens (primary N) is 1. The molecule has 8 heteroatoms. The molecule has 2 aliphatic heterocycles. The number of ether oxygens (including phenoxy) is 4. The number of hydrogen-bond acceptors (Lipinski definition) is 8. The first-order valence-corrected chi connectivity index (χ1v) is 11.0. The second-order valence-corrected chi connectivity index (χ2v) is 7.69. The number of carbonyl (C=O) groups excluding carboxylic acids is 1. The van der Waals surface area contributed by atoms with E-state index in [4.69, 9.17) is 24.7 Å². The molecule has 2 heterocycles. The maximum atomic E-state index is 12.6. The van der Waals surface area contributed by atoms with Gasteiger partial charge in [-0.2, -0.15) is 5.26 Å². The van der Waals surface area contributed by atoms with Gasteiger partial charge in [0.2, 0.25) is 5.88 Å². The van der Waals surface area contributed by atoms with Gasteiger partial charge in [-0.1, -0.05) is 12.1 Å². The lowest BCUT2D eigenvalue weighted by atomic mass is 9.83. The highest BCUT2D eigenvalue weighted by molar-refractivity contribution is 5.92. The van der Waals surface area contributed by atoms with Crippen molar-refractivity contribution in [3.63, 3.8) is 0 Å². The zero-order valence-electron chi connectivity index (χ0n) is 18.8. The molecule has 2 aliphatic rings. The van der Waals surface area contributed by atoms with Crippen molar-refractivity contribution in [2.75, 3.05) is 46.1 Å². The average molecular weight is 442 g/mol. The van der Waals surface area contributed by atoms with E-state index in [-0.39, 0.29) is 23.6 Å². The van der Waals surface area contributed by atoms with Crippen LogP contribution in [0.4, 0.5) is 0 Å². The summed E-state index contributed by atoms with van der Waals surface area (Å²) in [5.41, 5.74) is 7.16. The van der Waals surface area contributed by atoms with Gasteiger partial charge >= 0.3 is 5.97 Å². The molecule has 1 atom stereocenters. The van der Waals surface area contributed by atoms with Crippen LogP contribution in [0.1, 0.15) is 38.2 Å². The van der Waals surface area contributed by atoms with Gasteiger partial charge in [0.25, 0.3) is 0 Å². The van der Waals surface area contributed by atoms with Crippen LogP contribution in [0.25, 0.3) is 0 Å². The van der Waals surface area contributed by atoms with Crippen molar-refractivity contribution in [3.8, 4) is 11.8 Å². The van der Waals surface area contributed by atoms with Crippen LogP contribution in [0.15, 0.2) is 47.1 Å². The van der Waals surface area contributed by atoms with Gasteiger partial charge in [-0.3, -0.25) is 4.90 Å². The lowest BCUT2D eigenvalue weighted by Crippen LogP contribution is -2.36. The quantitative estimate of drug-likeness (QED) is 0.460. The lowest BCUT2D eigenvalue weighted by Gasteiger charge is -2.27. The van der Waals surface area contributed by atoms with Crippen molar-refractivity contribution in [3.05, 3.63) is 52.6 Å². The van der Waals surface area contributed by atoms with Gasteiger partial charge < -0.3 is 24.7 Å². The molecule has 1 aromatic rings. The first-order valence-electron chi connectivity index (χ1n) is 11.0. The molecule has 8 nitrogen and oxygen atoms in total. The Kier molecular flexibility index (Phi) is 8.54. The molecule has 0 aliphatic carbocycles. The molecule has 1 aromatic carbocycles. The SMILES string of the molecule is CCOC(=O)C1=C(C)OC(N)=C(C#N)C1c1ccc(OCCCCN2CCOCC2)cc1. The zero-order chi connectivity index (χ0) is 22.9. The van der Waals surface area contributed by atoms with Crippen molar-refractivity contribution in [1.29, 1.82) is 5.26 Å². The second kappa shape index (κ2) is 11.6. The van der Waals surface area contributed by atoms with Gasteiger partial charge in [0.1, 0.15) is 23.2 Å². The molecule has 0 saturated carbocycles. The number of nitriles is 1. The van der Waals surface area contributed by atoms with Crippen LogP contribution in [0.5, 0.6) is 5.75 Å². The second-order valence-electron chi connectivity index (χ2n) is 7.69. The summed E-state index contributed by atoms with van der Waals surface area (Å²) in [6.45, 7) is 8.92. The largest absolute Gasteiger partial charge is 0.494 e. The minimum atomic E-state index is -0.643. The summed E-state index contributed by atoms with van der Waals surface area (Å²) in [6.07, 6.45) is 2.04. The number of allylic oxidation sites excluding steroid dienone is 2. The summed E-state index contributed by atoms with van der Waals surface area (Å²) in [5, 5.41) is 9.65. The minimum absolute atomic E-state index is 0.00337. The summed E-state index contributed by atoms with van der Waals surface area (Å²) in [7, 11) is 0. The van der Waals surface area contributed by atoms with E-state index in [2.05, 4.69) is 11.0 Å². The van der Waals surface area contributed by atoms with Gasteiger partial charge in [0, 0.05) is 13.1 Å². The van der Waals surface area contributed by atoms with Crippen molar-refractivity contribution in [2.45, 2.75) is 32.6 Å². The maximum absolute atomic E-state index is 12.6. The third-order valence-corrected chi connectivity index (χ3v) is 5.56. The van der Waals surface area contributed by atoms with Gasteiger partial charge in [-0.25, -0.2) is 4.79 Å². The van der Waals surface area contributed by atoms with Crippen LogP contribution in [-0.4, -0.2) is 56.9 Å². The summed E-state index contributed by atoms with van der Waals surface area (Å²) in [5.74, 6) is -0.0820. The number of esters is 1. The maximum Gasteiger partial charge on any atom is 0.338 e. The molecule has 172 valence electrons. The Bertz CT molecular complexity index is 895. The Morgan fingerprint density at radius 1 is 1.25 bits per heavy atom. The Morgan fingerprint density at radius 2 is 1.97 bits per heavy atom. The number of nitrogens with zero attached hydrogens (tertiary/aromatic N) is 2. The highest BCUT2D eigenvalue weighted by Crippen LogP contribution is 2.39. The Balaban J connectivity index is 1.62. The van der Waals surface area contributed by atoms with Crippen LogP contribution in [0.3, 0.4) is 0 Å². The predicted octanol–water partition coefficient (Wildman–Crippen LogP) is 2.82. The molecule has 0 amide bonds. The molecule has 1 fully saturated rings. The highest BCUT2D eigenvalue weighted by Gasteiger charge is 2.36. The third kappa shape index (κ3) is 5.81. The van der Waals surface area contributed by atoms with Gasteiger partial charge in [0.05, 0.1) is 37.9 Å². The molecule has 0 aromatic heterocycles. The fraction of sp³-hybridized carbons (Fsp3) is 0.500. The molecule has 0 spiro atoms. The van der Waals surface area contributed by atoms with E-state index in [9.17, 15) is 10.1 Å². The summed E-state index contributed by atoms with van der Waals surface area (Å²) < 4.78 is 21.9. The Morgan fingerprint density at radius 3 is 2.62 bits per heavy atom. The Labute approximate surface area is 189 Å². The van der Waals surface area contributed by atoms with Crippen molar-refractivity contribution < 1.29 is 23.7 Å².